The molecule has 0 fully saturated rings. The van der Waals surface area contributed by atoms with Crippen molar-refractivity contribution in [2.75, 3.05) is 5.32 Å². The van der Waals surface area contributed by atoms with E-state index in [2.05, 4.69) is 21.2 Å². The molecule has 4 nitrogen and oxygen atoms in total. The first-order valence-electron chi connectivity index (χ1n) is 8.91. The van der Waals surface area contributed by atoms with E-state index in [9.17, 15) is 14.4 Å². The highest BCUT2D eigenvalue weighted by Crippen LogP contribution is 2.29. The van der Waals surface area contributed by atoms with Gasteiger partial charge in [-0.15, -0.1) is 0 Å². The number of carbonyl (C=O) groups excluding carboxylic acids is 1. The fraction of sp³-hybridized carbons (Fsp3) is 0.0435. The van der Waals surface area contributed by atoms with Crippen molar-refractivity contribution in [3.8, 4) is 11.8 Å². The molecule has 156 valence electrons. The van der Waals surface area contributed by atoms with Gasteiger partial charge in [-0.1, -0.05) is 47.5 Å². The summed E-state index contributed by atoms with van der Waals surface area (Å²) in [5.74, 6) is -0.722. The number of ether oxygens (including phenoxy) is 1. The van der Waals surface area contributed by atoms with Crippen LogP contribution in [0.2, 0.25) is 10.0 Å². The molecule has 0 aliphatic carbocycles. The Morgan fingerprint density at radius 2 is 1.90 bits per heavy atom. The molecule has 1 N–H and O–H groups in total. The number of hydrogen-bond donors (Lipinski definition) is 1. The van der Waals surface area contributed by atoms with Crippen LogP contribution in [0.4, 0.5) is 10.1 Å². The number of nitrogens with zero attached hydrogens (tertiary/aromatic N) is 1. The third kappa shape index (κ3) is 6.08. The number of benzene rings is 3. The molecule has 0 atom stereocenters. The summed E-state index contributed by atoms with van der Waals surface area (Å²) in [7, 11) is 0. The molecule has 0 heterocycles. The summed E-state index contributed by atoms with van der Waals surface area (Å²) in [6, 6.07) is 17.9. The van der Waals surface area contributed by atoms with Gasteiger partial charge < -0.3 is 10.1 Å². The van der Waals surface area contributed by atoms with Crippen molar-refractivity contribution in [2.24, 2.45) is 0 Å². The Balaban J connectivity index is 1.72. The Kier molecular flexibility index (Phi) is 7.69. The SMILES string of the molecule is N#C/C(=C/c1ccc(OCc2ccc(Cl)c(Cl)c2)c(Br)c1)C(=O)Nc1ccccc1F. The second-order valence-electron chi connectivity index (χ2n) is 6.33. The quantitative estimate of drug-likeness (QED) is 0.281. The van der Waals surface area contributed by atoms with Crippen LogP contribution in [0.5, 0.6) is 5.75 Å². The van der Waals surface area contributed by atoms with Crippen LogP contribution in [0.25, 0.3) is 6.08 Å². The Morgan fingerprint density at radius 3 is 2.58 bits per heavy atom. The first-order valence-corrected chi connectivity index (χ1v) is 10.5. The summed E-state index contributed by atoms with van der Waals surface area (Å²) in [5, 5.41) is 12.7. The van der Waals surface area contributed by atoms with Crippen LogP contribution < -0.4 is 10.1 Å². The fourth-order valence-electron chi connectivity index (χ4n) is 2.58. The van der Waals surface area contributed by atoms with E-state index in [0.29, 0.717) is 25.8 Å². The minimum atomic E-state index is -0.705. The van der Waals surface area contributed by atoms with E-state index in [4.69, 9.17) is 27.9 Å². The zero-order valence-electron chi connectivity index (χ0n) is 15.8. The van der Waals surface area contributed by atoms with Crippen molar-refractivity contribution in [1.82, 2.24) is 0 Å². The molecular weight excluding hydrogens is 506 g/mol. The predicted octanol–water partition coefficient (Wildman–Crippen LogP) is 7.02. The molecule has 8 heteroatoms. The van der Waals surface area contributed by atoms with E-state index in [-0.39, 0.29) is 17.9 Å². The van der Waals surface area contributed by atoms with Gasteiger partial charge in [0.25, 0.3) is 5.91 Å². The Labute approximate surface area is 197 Å². The Bertz CT molecular complexity index is 1210. The molecule has 31 heavy (non-hydrogen) atoms. The topological polar surface area (TPSA) is 62.1 Å². The zero-order valence-corrected chi connectivity index (χ0v) is 18.9. The average Bonchev–Trinajstić information content (AvgIpc) is 2.75. The first-order chi connectivity index (χ1) is 14.9. The van der Waals surface area contributed by atoms with Crippen molar-refractivity contribution < 1.29 is 13.9 Å². The van der Waals surface area contributed by atoms with Crippen molar-refractivity contribution in [3.05, 3.63) is 97.7 Å². The number of halogens is 4. The molecule has 0 aliphatic heterocycles. The van der Waals surface area contributed by atoms with Crippen LogP contribution in [-0.4, -0.2) is 5.91 Å². The van der Waals surface area contributed by atoms with Crippen LogP contribution in [-0.2, 0) is 11.4 Å². The highest BCUT2D eigenvalue weighted by Gasteiger charge is 2.12. The predicted molar refractivity (Wildman–Crippen MR) is 124 cm³/mol. The van der Waals surface area contributed by atoms with E-state index in [0.717, 1.165) is 5.56 Å². The lowest BCUT2D eigenvalue weighted by molar-refractivity contribution is -0.112. The summed E-state index contributed by atoms with van der Waals surface area (Å²) in [6.45, 7) is 0.277. The lowest BCUT2D eigenvalue weighted by atomic mass is 10.1. The first kappa shape index (κ1) is 22.8. The molecule has 3 rings (SSSR count). The van der Waals surface area contributed by atoms with E-state index >= 15 is 0 Å². The maximum Gasteiger partial charge on any atom is 0.266 e. The second-order valence-corrected chi connectivity index (χ2v) is 8.00. The van der Waals surface area contributed by atoms with Crippen molar-refractivity contribution >= 4 is 56.8 Å². The van der Waals surface area contributed by atoms with Crippen LogP contribution in [0.1, 0.15) is 11.1 Å². The summed E-state index contributed by atoms with van der Waals surface area (Å²) in [4.78, 5) is 12.3. The third-order valence-corrected chi connectivity index (χ3v) is 5.49. The third-order valence-electron chi connectivity index (χ3n) is 4.13. The molecular formula is C23H14BrCl2FN2O2. The number of nitrogens with one attached hydrogen (secondary N) is 1. The highest BCUT2D eigenvalue weighted by molar-refractivity contribution is 9.10. The number of hydrogen-bond acceptors (Lipinski definition) is 3. The molecule has 0 spiro atoms. The van der Waals surface area contributed by atoms with Gasteiger partial charge in [-0.25, -0.2) is 4.39 Å². The summed E-state index contributed by atoms with van der Waals surface area (Å²) >= 11 is 15.3. The molecule has 0 saturated heterocycles. The summed E-state index contributed by atoms with van der Waals surface area (Å²) in [5.41, 5.74) is 1.27. The minimum Gasteiger partial charge on any atom is -0.488 e. The van der Waals surface area contributed by atoms with E-state index in [1.54, 1.807) is 36.4 Å². The van der Waals surface area contributed by atoms with Crippen molar-refractivity contribution in [3.63, 3.8) is 0 Å². The van der Waals surface area contributed by atoms with Gasteiger partial charge in [-0.05, 0) is 69.5 Å². The zero-order chi connectivity index (χ0) is 22.4. The van der Waals surface area contributed by atoms with Crippen LogP contribution >= 0.6 is 39.1 Å². The van der Waals surface area contributed by atoms with Gasteiger partial charge in [0.2, 0.25) is 0 Å². The number of anilines is 1. The Morgan fingerprint density at radius 1 is 1.13 bits per heavy atom. The smallest absolute Gasteiger partial charge is 0.266 e. The van der Waals surface area contributed by atoms with Crippen LogP contribution in [0.3, 0.4) is 0 Å². The van der Waals surface area contributed by atoms with Gasteiger partial charge in [0, 0.05) is 0 Å². The number of rotatable bonds is 6. The van der Waals surface area contributed by atoms with Gasteiger partial charge in [-0.3, -0.25) is 4.79 Å². The Hall–Kier alpha value is -2.85. The standard InChI is InChI=1S/C23H14BrCl2FN2O2/c24-17-10-14(6-8-22(17)31-13-15-5-7-18(25)19(26)11-15)9-16(12-28)23(30)29-21-4-2-1-3-20(21)27/h1-11H,13H2,(H,29,30)/b16-9-. The molecule has 3 aromatic carbocycles. The van der Waals surface area contributed by atoms with E-state index in [1.807, 2.05) is 12.1 Å². The van der Waals surface area contributed by atoms with Crippen LogP contribution in [0, 0.1) is 17.1 Å². The monoisotopic (exact) mass is 518 g/mol. The largest absolute Gasteiger partial charge is 0.488 e. The number of para-hydroxylation sites is 1. The molecule has 0 radical (unpaired) electrons. The number of carbonyl (C=O) groups is 1. The fourth-order valence-corrected chi connectivity index (χ4v) is 3.41. The van der Waals surface area contributed by atoms with Gasteiger partial charge in [0.15, 0.2) is 0 Å². The highest BCUT2D eigenvalue weighted by atomic mass is 79.9. The number of nitriles is 1. The molecule has 3 aromatic rings. The second kappa shape index (κ2) is 10.5. The maximum absolute atomic E-state index is 13.7. The van der Waals surface area contributed by atoms with Gasteiger partial charge in [0.1, 0.15) is 29.8 Å². The number of amides is 1. The molecule has 1 amide bonds. The van der Waals surface area contributed by atoms with Gasteiger partial charge in [-0.2, -0.15) is 5.26 Å². The minimum absolute atomic E-state index is 0.000816. The molecule has 0 unspecified atom stereocenters. The summed E-state index contributed by atoms with van der Waals surface area (Å²) < 4.78 is 20.1. The van der Waals surface area contributed by atoms with E-state index in [1.165, 1.54) is 24.3 Å². The molecule has 0 saturated carbocycles. The maximum atomic E-state index is 13.7. The van der Waals surface area contributed by atoms with E-state index < -0.39 is 11.7 Å². The van der Waals surface area contributed by atoms with Gasteiger partial charge in [0.05, 0.1) is 20.2 Å². The van der Waals surface area contributed by atoms with Crippen molar-refractivity contribution in [2.45, 2.75) is 6.61 Å². The normalized spacial score (nSPS) is 11.0. The summed E-state index contributed by atoms with van der Waals surface area (Å²) in [6.07, 6.45) is 1.41. The lowest BCUT2D eigenvalue weighted by Crippen LogP contribution is -2.14. The van der Waals surface area contributed by atoms with Gasteiger partial charge >= 0.3 is 0 Å². The van der Waals surface area contributed by atoms with Crippen molar-refractivity contribution in [1.29, 1.82) is 5.26 Å². The average molecular weight is 520 g/mol. The molecule has 0 aliphatic rings. The molecule has 0 aromatic heterocycles. The van der Waals surface area contributed by atoms with Crippen LogP contribution in [0.15, 0.2) is 70.7 Å². The molecule has 0 bridgehead atoms. The lowest BCUT2D eigenvalue weighted by Gasteiger charge is -2.10.